The Hall–Kier alpha value is -3.22. The molecule has 7 heteroatoms. The van der Waals surface area contributed by atoms with E-state index in [1.165, 1.54) is 12.5 Å². The molecule has 3 aromatic rings. The van der Waals surface area contributed by atoms with Gasteiger partial charge in [0.1, 0.15) is 5.69 Å². The van der Waals surface area contributed by atoms with Gasteiger partial charge in [0, 0.05) is 30.9 Å². The highest BCUT2D eigenvalue weighted by molar-refractivity contribution is 5.92. The van der Waals surface area contributed by atoms with Gasteiger partial charge >= 0.3 is 0 Å². The van der Waals surface area contributed by atoms with E-state index in [0.29, 0.717) is 25.2 Å². The number of rotatable bonds is 4. The van der Waals surface area contributed by atoms with Crippen LogP contribution in [-0.2, 0) is 11.2 Å². The van der Waals surface area contributed by atoms with Crippen LogP contribution in [0.25, 0.3) is 10.8 Å². The van der Waals surface area contributed by atoms with Crippen molar-refractivity contribution >= 4 is 22.6 Å². The molecule has 0 aliphatic carbocycles. The molecule has 0 radical (unpaired) electrons. The third kappa shape index (κ3) is 3.53. The third-order valence-electron chi connectivity index (χ3n) is 5.14. The van der Waals surface area contributed by atoms with Crippen molar-refractivity contribution < 1.29 is 9.59 Å². The zero-order valence-corrected chi connectivity index (χ0v) is 15.1. The van der Waals surface area contributed by atoms with Gasteiger partial charge in [-0.05, 0) is 22.9 Å². The fourth-order valence-electron chi connectivity index (χ4n) is 3.59. The van der Waals surface area contributed by atoms with Crippen molar-refractivity contribution in [2.45, 2.75) is 19.4 Å². The minimum atomic E-state index is -0.196. The number of nitrogens with zero attached hydrogens (tertiary/aromatic N) is 3. The van der Waals surface area contributed by atoms with E-state index in [0.717, 1.165) is 16.3 Å². The van der Waals surface area contributed by atoms with Crippen molar-refractivity contribution in [2.75, 3.05) is 13.1 Å². The summed E-state index contributed by atoms with van der Waals surface area (Å²) in [4.78, 5) is 37.7. The number of carbonyl (C=O) groups excluding carboxylic acids is 2. The highest BCUT2D eigenvalue weighted by Crippen LogP contribution is 2.21. The van der Waals surface area contributed by atoms with Crippen LogP contribution in [0.1, 0.15) is 23.0 Å². The van der Waals surface area contributed by atoms with E-state index in [1.54, 1.807) is 12.4 Å². The van der Waals surface area contributed by atoms with E-state index in [1.807, 2.05) is 36.1 Å². The Morgan fingerprint density at radius 2 is 2.11 bits per heavy atom. The molecule has 1 fully saturated rings. The molecule has 2 aromatic heterocycles. The number of benzene rings is 1. The highest BCUT2D eigenvalue weighted by Gasteiger charge is 2.33. The summed E-state index contributed by atoms with van der Waals surface area (Å²) in [6.07, 6.45) is 6.85. The van der Waals surface area contributed by atoms with Crippen LogP contribution in [-0.4, -0.2) is 50.8 Å². The maximum atomic E-state index is 12.8. The number of imidazole rings is 1. The van der Waals surface area contributed by atoms with E-state index >= 15 is 0 Å². The van der Waals surface area contributed by atoms with Gasteiger partial charge in [-0.25, -0.2) is 4.98 Å². The zero-order chi connectivity index (χ0) is 18.8. The number of amides is 2. The summed E-state index contributed by atoms with van der Waals surface area (Å²) in [5.74, 6) is 0.0604. The maximum absolute atomic E-state index is 12.8. The van der Waals surface area contributed by atoms with Crippen LogP contribution in [0.3, 0.4) is 0 Å². The van der Waals surface area contributed by atoms with Gasteiger partial charge < -0.3 is 15.2 Å². The first-order valence-corrected chi connectivity index (χ1v) is 9.00. The van der Waals surface area contributed by atoms with Gasteiger partial charge in [0.05, 0.1) is 25.0 Å². The molecule has 2 N–H and O–H groups in total. The summed E-state index contributed by atoms with van der Waals surface area (Å²) in [6.45, 7) is 3.20. The number of carbonyl (C=O) groups is 2. The average molecular weight is 363 g/mol. The Kier molecular flexibility index (Phi) is 4.58. The largest absolute Gasteiger partial charge is 0.346 e. The fourth-order valence-corrected chi connectivity index (χ4v) is 3.59. The Balaban J connectivity index is 1.43. The molecule has 7 nitrogen and oxygen atoms in total. The number of aromatic amines is 1. The van der Waals surface area contributed by atoms with Gasteiger partial charge in [0.2, 0.25) is 5.91 Å². The Labute approximate surface area is 156 Å². The van der Waals surface area contributed by atoms with Crippen LogP contribution in [0.2, 0.25) is 0 Å². The molecule has 2 atom stereocenters. The van der Waals surface area contributed by atoms with E-state index in [4.69, 9.17) is 0 Å². The molecular weight excluding hydrogens is 342 g/mol. The lowest BCUT2D eigenvalue weighted by atomic mass is 10.0. The van der Waals surface area contributed by atoms with Gasteiger partial charge in [0.25, 0.3) is 5.91 Å². The summed E-state index contributed by atoms with van der Waals surface area (Å²) in [5.41, 5.74) is 1.40. The molecule has 0 unspecified atom stereocenters. The molecule has 0 bridgehead atoms. The van der Waals surface area contributed by atoms with E-state index in [9.17, 15) is 9.59 Å². The molecule has 3 heterocycles. The second kappa shape index (κ2) is 7.19. The van der Waals surface area contributed by atoms with Gasteiger partial charge in [-0.2, -0.15) is 0 Å². The minimum absolute atomic E-state index is 0.0662. The molecular formula is C20H21N5O2. The Morgan fingerprint density at radius 1 is 1.22 bits per heavy atom. The van der Waals surface area contributed by atoms with Crippen LogP contribution in [0.15, 0.2) is 49.2 Å². The number of hydrogen-bond donors (Lipinski definition) is 2. The number of H-pyrrole nitrogens is 1. The van der Waals surface area contributed by atoms with Gasteiger partial charge in [-0.3, -0.25) is 14.6 Å². The SMILES string of the molecule is C[C@@H]1CN(C(=O)Cc2cccc3ccncc23)C[C@@H]1NC(=O)c1cnc[nH]1. The predicted molar refractivity (Wildman–Crippen MR) is 101 cm³/mol. The van der Waals surface area contributed by atoms with Crippen LogP contribution in [0.4, 0.5) is 0 Å². The van der Waals surface area contributed by atoms with Crippen LogP contribution < -0.4 is 5.32 Å². The molecule has 4 rings (SSSR count). The van der Waals surface area contributed by atoms with Crippen LogP contribution >= 0.6 is 0 Å². The van der Waals surface area contributed by atoms with Crippen LogP contribution in [0, 0.1) is 5.92 Å². The number of hydrogen-bond acceptors (Lipinski definition) is 4. The number of fused-ring (bicyclic) bond motifs is 1. The number of aromatic nitrogens is 3. The molecule has 1 saturated heterocycles. The second-order valence-corrected chi connectivity index (χ2v) is 7.01. The van der Waals surface area contributed by atoms with Crippen molar-refractivity contribution in [1.82, 2.24) is 25.2 Å². The van der Waals surface area contributed by atoms with E-state index in [2.05, 4.69) is 20.3 Å². The van der Waals surface area contributed by atoms with Crippen molar-refractivity contribution in [3.8, 4) is 0 Å². The van der Waals surface area contributed by atoms with Crippen LogP contribution in [0.5, 0.6) is 0 Å². The van der Waals surface area contributed by atoms with E-state index < -0.39 is 0 Å². The van der Waals surface area contributed by atoms with Crippen molar-refractivity contribution in [3.63, 3.8) is 0 Å². The molecule has 138 valence electrons. The number of likely N-dealkylation sites (tertiary alicyclic amines) is 1. The molecule has 1 aliphatic rings. The van der Waals surface area contributed by atoms with Crippen molar-refractivity contribution in [1.29, 1.82) is 0 Å². The third-order valence-corrected chi connectivity index (χ3v) is 5.14. The average Bonchev–Trinajstić information content (AvgIpc) is 3.33. The summed E-state index contributed by atoms with van der Waals surface area (Å²) in [7, 11) is 0. The fraction of sp³-hybridized carbons (Fsp3) is 0.300. The topological polar surface area (TPSA) is 91.0 Å². The highest BCUT2D eigenvalue weighted by atomic mass is 16.2. The van der Waals surface area contributed by atoms with E-state index in [-0.39, 0.29) is 23.8 Å². The summed E-state index contributed by atoms with van der Waals surface area (Å²) in [5, 5.41) is 5.08. The summed E-state index contributed by atoms with van der Waals surface area (Å²) >= 11 is 0. The first-order chi connectivity index (χ1) is 13.1. The summed E-state index contributed by atoms with van der Waals surface area (Å²) < 4.78 is 0. The molecule has 2 amide bonds. The standard InChI is InChI=1S/C20H21N5O2/c1-13-10-25(11-18(13)24-20(27)17-9-22-12-23-17)19(26)7-15-4-2-3-14-5-6-21-8-16(14)15/h2-6,8-9,12-13,18H,7,10-11H2,1H3,(H,22,23)(H,24,27)/t13-,18+/m1/s1. The Morgan fingerprint density at radius 3 is 2.93 bits per heavy atom. The maximum Gasteiger partial charge on any atom is 0.269 e. The van der Waals surface area contributed by atoms with Gasteiger partial charge in [-0.1, -0.05) is 25.1 Å². The number of pyridine rings is 1. The zero-order valence-electron chi connectivity index (χ0n) is 15.1. The Bertz CT molecular complexity index is 964. The lowest BCUT2D eigenvalue weighted by Crippen LogP contribution is -2.40. The molecule has 0 spiro atoms. The van der Waals surface area contributed by atoms with Gasteiger partial charge in [0.15, 0.2) is 0 Å². The smallest absolute Gasteiger partial charge is 0.269 e. The second-order valence-electron chi connectivity index (χ2n) is 7.01. The monoisotopic (exact) mass is 363 g/mol. The first-order valence-electron chi connectivity index (χ1n) is 9.00. The van der Waals surface area contributed by atoms with Crippen molar-refractivity contribution in [2.24, 2.45) is 5.92 Å². The van der Waals surface area contributed by atoms with Gasteiger partial charge in [-0.15, -0.1) is 0 Å². The predicted octanol–water partition coefficient (Wildman–Crippen LogP) is 1.78. The quantitative estimate of drug-likeness (QED) is 0.739. The number of nitrogens with one attached hydrogen (secondary N) is 2. The lowest BCUT2D eigenvalue weighted by Gasteiger charge is -2.17. The lowest BCUT2D eigenvalue weighted by molar-refractivity contribution is -0.129. The first kappa shape index (κ1) is 17.2. The molecule has 1 aromatic carbocycles. The molecule has 27 heavy (non-hydrogen) atoms. The molecule has 0 saturated carbocycles. The van der Waals surface area contributed by atoms with Crippen molar-refractivity contribution in [3.05, 3.63) is 60.4 Å². The summed E-state index contributed by atoms with van der Waals surface area (Å²) in [6, 6.07) is 7.83. The normalized spacial score (nSPS) is 19.4. The minimum Gasteiger partial charge on any atom is -0.346 e. The molecule has 1 aliphatic heterocycles.